The number of fused-ring (bicyclic) bond motifs is 3. The molecule has 1 atom stereocenters. The number of benzene rings is 2. The van der Waals surface area contributed by atoms with Gasteiger partial charge >= 0.3 is 5.97 Å². The van der Waals surface area contributed by atoms with Gasteiger partial charge in [0, 0.05) is 23.7 Å². The van der Waals surface area contributed by atoms with E-state index < -0.39 is 28.0 Å². The van der Waals surface area contributed by atoms with Crippen molar-refractivity contribution in [3.05, 3.63) is 54.1 Å². The molecule has 11 heteroatoms. The topological polar surface area (TPSA) is 120 Å². The van der Waals surface area contributed by atoms with E-state index in [-0.39, 0.29) is 24.3 Å². The number of para-hydroxylation sites is 1. The fourth-order valence-corrected chi connectivity index (χ4v) is 5.79. The van der Waals surface area contributed by atoms with Crippen LogP contribution in [0.2, 0.25) is 0 Å². The molecule has 4 rings (SSSR count). The molecular formula is C22H20N4O5S2. The van der Waals surface area contributed by atoms with Gasteiger partial charge in [-0.05, 0) is 49.0 Å². The number of thioether (sulfide) groups is 1. The Kier molecular flexibility index (Phi) is 6.40. The zero-order valence-corrected chi connectivity index (χ0v) is 19.3. The second-order valence-corrected chi connectivity index (χ2v) is 10.1. The Morgan fingerprint density at radius 3 is 2.76 bits per heavy atom. The van der Waals surface area contributed by atoms with Gasteiger partial charge in [-0.1, -0.05) is 18.2 Å². The maximum atomic E-state index is 13.0. The third-order valence-corrected chi connectivity index (χ3v) is 7.43. The third-order valence-electron chi connectivity index (χ3n) is 5.12. The summed E-state index contributed by atoms with van der Waals surface area (Å²) < 4.78 is 32.8. The van der Waals surface area contributed by atoms with Crippen molar-refractivity contribution in [2.24, 2.45) is 4.40 Å². The second-order valence-electron chi connectivity index (χ2n) is 7.38. The number of amidine groups is 1. The molecule has 9 nitrogen and oxygen atoms in total. The molecule has 0 N–H and O–H groups in total. The summed E-state index contributed by atoms with van der Waals surface area (Å²) >= 11 is 1.17. The fraction of sp³-hybridized carbons (Fsp3) is 0.273. The Hall–Kier alpha value is -3.36. The summed E-state index contributed by atoms with van der Waals surface area (Å²) in [7, 11) is -3.47. The lowest BCUT2D eigenvalue weighted by molar-refractivity contribution is -0.126. The molecule has 0 radical (unpaired) electrons. The number of carbonyl (C=O) groups is 2. The standard InChI is InChI=1S/C22H20N4O5S2/c1-15(20(27)25(11-5-10-23)17-6-3-2-4-7-17)31-21(28)16-8-9-18-19(14-16)32-22-24-33(29,30)13-12-26(18)22/h2-4,6-9,14-15H,5,11-13H2,1H3/t15-/m0/s1. The quantitative estimate of drug-likeness (QED) is 0.574. The summed E-state index contributed by atoms with van der Waals surface area (Å²) in [5, 5.41) is 9.30. The molecule has 2 aromatic rings. The van der Waals surface area contributed by atoms with Crippen LogP contribution >= 0.6 is 11.8 Å². The molecule has 0 unspecified atom stereocenters. The van der Waals surface area contributed by atoms with Crippen molar-refractivity contribution in [1.82, 2.24) is 0 Å². The van der Waals surface area contributed by atoms with E-state index in [9.17, 15) is 18.0 Å². The van der Waals surface area contributed by atoms with E-state index in [0.717, 1.165) is 5.69 Å². The minimum atomic E-state index is -3.47. The summed E-state index contributed by atoms with van der Waals surface area (Å²) in [5.74, 6) is -1.17. The number of nitrogens with zero attached hydrogens (tertiary/aromatic N) is 4. The van der Waals surface area contributed by atoms with Gasteiger partial charge in [0.15, 0.2) is 11.3 Å². The first kappa shape index (κ1) is 22.8. The molecule has 170 valence electrons. The zero-order chi connectivity index (χ0) is 23.6. The average Bonchev–Trinajstić information content (AvgIpc) is 3.15. The van der Waals surface area contributed by atoms with Crippen LogP contribution in [0.25, 0.3) is 0 Å². The summed E-state index contributed by atoms with van der Waals surface area (Å²) in [6.07, 6.45) is -0.933. The highest BCUT2D eigenvalue weighted by Gasteiger charge is 2.34. The van der Waals surface area contributed by atoms with E-state index in [4.69, 9.17) is 10.00 Å². The summed E-state index contributed by atoms with van der Waals surface area (Å²) in [6, 6.07) is 15.8. The molecule has 1 amide bonds. The first-order valence-corrected chi connectivity index (χ1v) is 12.6. The van der Waals surface area contributed by atoms with Crippen LogP contribution in [0.15, 0.2) is 57.8 Å². The maximum Gasteiger partial charge on any atom is 0.338 e. The van der Waals surface area contributed by atoms with Gasteiger partial charge in [0.1, 0.15) is 0 Å². The highest BCUT2D eigenvalue weighted by Crippen LogP contribution is 2.42. The van der Waals surface area contributed by atoms with Gasteiger partial charge in [-0.2, -0.15) is 5.26 Å². The van der Waals surface area contributed by atoms with E-state index in [1.807, 2.05) is 12.1 Å². The van der Waals surface area contributed by atoms with Gasteiger partial charge in [0.2, 0.25) is 0 Å². The molecule has 2 aliphatic rings. The van der Waals surface area contributed by atoms with Crippen molar-refractivity contribution in [2.45, 2.75) is 24.3 Å². The van der Waals surface area contributed by atoms with E-state index in [2.05, 4.69) is 4.40 Å². The van der Waals surface area contributed by atoms with Crippen LogP contribution in [0.1, 0.15) is 23.7 Å². The highest BCUT2D eigenvalue weighted by molar-refractivity contribution is 8.15. The molecule has 2 aromatic carbocycles. The normalized spacial score (nSPS) is 16.6. The Bertz CT molecular complexity index is 1270. The molecule has 0 saturated carbocycles. The molecule has 2 aliphatic heterocycles. The molecule has 2 heterocycles. The van der Waals surface area contributed by atoms with E-state index in [1.165, 1.54) is 23.6 Å². The largest absolute Gasteiger partial charge is 0.449 e. The van der Waals surface area contributed by atoms with Crippen LogP contribution < -0.4 is 9.80 Å². The zero-order valence-electron chi connectivity index (χ0n) is 17.7. The molecule has 0 bridgehead atoms. The van der Waals surface area contributed by atoms with Crippen LogP contribution in [0.3, 0.4) is 0 Å². The van der Waals surface area contributed by atoms with Crippen molar-refractivity contribution in [1.29, 1.82) is 5.26 Å². The first-order valence-electron chi connectivity index (χ1n) is 10.2. The molecule has 0 aliphatic carbocycles. The Morgan fingerprint density at radius 2 is 2.03 bits per heavy atom. The van der Waals surface area contributed by atoms with Crippen molar-refractivity contribution in [3.8, 4) is 6.07 Å². The summed E-state index contributed by atoms with van der Waals surface area (Å²) in [5.41, 5.74) is 1.63. The molecule has 0 saturated heterocycles. The number of ether oxygens (including phenoxy) is 1. The number of amides is 1. The SMILES string of the molecule is C[C@H](OC(=O)c1ccc2c(c1)SC1=NS(=O)(=O)CCN12)C(=O)N(CCC#N)c1ccccc1. The summed E-state index contributed by atoms with van der Waals surface area (Å²) in [6.45, 7) is 1.97. The van der Waals surface area contributed by atoms with E-state index in [1.54, 1.807) is 47.4 Å². The molecule has 0 spiro atoms. The molecular weight excluding hydrogens is 464 g/mol. The molecule has 33 heavy (non-hydrogen) atoms. The predicted octanol–water partition coefficient (Wildman–Crippen LogP) is 2.79. The van der Waals surface area contributed by atoms with E-state index in [0.29, 0.717) is 22.3 Å². The van der Waals surface area contributed by atoms with Gasteiger partial charge in [0.05, 0.1) is 29.5 Å². The first-order chi connectivity index (χ1) is 15.8. The highest BCUT2D eigenvalue weighted by atomic mass is 32.2. The molecule has 0 fully saturated rings. The Balaban J connectivity index is 1.49. The minimum absolute atomic E-state index is 0.0658. The van der Waals surface area contributed by atoms with Crippen molar-refractivity contribution in [2.75, 3.05) is 28.6 Å². The van der Waals surface area contributed by atoms with Gasteiger partial charge in [-0.3, -0.25) is 4.79 Å². The van der Waals surface area contributed by atoms with Crippen molar-refractivity contribution < 1.29 is 22.7 Å². The third kappa shape index (κ3) is 4.86. The summed E-state index contributed by atoms with van der Waals surface area (Å²) in [4.78, 5) is 29.7. The Morgan fingerprint density at radius 1 is 1.27 bits per heavy atom. The monoisotopic (exact) mass is 484 g/mol. The number of sulfonamides is 1. The number of carbonyl (C=O) groups excluding carboxylic acids is 2. The van der Waals surface area contributed by atoms with Crippen molar-refractivity contribution in [3.63, 3.8) is 0 Å². The lowest BCUT2D eigenvalue weighted by atomic mass is 10.2. The molecule has 0 aromatic heterocycles. The number of hydrogen-bond acceptors (Lipinski definition) is 8. The van der Waals surface area contributed by atoms with Gasteiger partial charge in [-0.15, -0.1) is 4.40 Å². The lowest BCUT2D eigenvalue weighted by Gasteiger charge is -2.25. The average molecular weight is 485 g/mol. The number of hydrogen-bond donors (Lipinski definition) is 0. The van der Waals surface area contributed by atoms with Gasteiger partial charge in [-0.25, -0.2) is 13.2 Å². The predicted molar refractivity (Wildman–Crippen MR) is 125 cm³/mol. The number of nitriles is 1. The number of rotatable bonds is 6. The smallest absolute Gasteiger partial charge is 0.338 e. The second kappa shape index (κ2) is 9.25. The lowest BCUT2D eigenvalue weighted by Crippen LogP contribution is -2.40. The number of anilines is 2. The minimum Gasteiger partial charge on any atom is -0.449 e. The van der Waals surface area contributed by atoms with Gasteiger partial charge < -0.3 is 14.5 Å². The van der Waals surface area contributed by atoms with Crippen LogP contribution in [0.5, 0.6) is 0 Å². The fourth-order valence-electron chi connectivity index (χ4n) is 3.49. The van der Waals surface area contributed by atoms with Crippen LogP contribution in [0, 0.1) is 11.3 Å². The van der Waals surface area contributed by atoms with E-state index >= 15 is 0 Å². The Labute approximate surface area is 195 Å². The van der Waals surface area contributed by atoms with Crippen LogP contribution in [-0.2, 0) is 19.6 Å². The maximum absolute atomic E-state index is 13.0. The van der Waals surface area contributed by atoms with Gasteiger partial charge in [0.25, 0.3) is 15.9 Å². The van der Waals surface area contributed by atoms with Crippen LogP contribution in [0.4, 0.5) is 11.4 Å². The number of esters is 1. The van der Waals surface area contributed by atoms with Crippen LogP contribution in [-0.4, -0.2) is 50.4 Å². The van der Waals surface area contributed by atoms with Crippen molar-refractivity contribution >= 4 is 50.2 Å².